The molecule has 3 nitrogen and oxygen atoms in total. The second-order valence-electron chi connectivity index (χ2n) is 2.80. The molecule has 0 unspecified atom stereocenters. The first kappa shape index (κ1) is 11.2. The first-order valence-corrected chi connectivity index (χ1v) is 5.09. The highest BCUT2D eigenvalue weighted by Gasteiger charge is 2.01. The number of halogens is 1. The summed E-state index contributed by atoms with van der Waals surface area (Å²) in [5, 5.41) is 7.17. The lowest BCUT2D eigenvalue weighted by molar-refractivity contribution is 0.977. The molecule has 0 saturated heterocycles. The number of aryl methyl sites for hydroxylation is 1. The van der Waals surface area contributed by atoms with Gasteiger partial charge in [0.25, 0.3) is 0 Å². The maximum atomic E-state index is 5.78. The van der Waals surface area contributed by atoms with E-state index in [-0.39, 0.29) is 0 Å². The molecule has 1 aromatic heterocycles. The molecule has 2 N–H and O–H groups in total. The second kappa shape index (κ2) is 5.12. The predicted octanol–water partition coefficient (Wildman–Crippen LogP) is 2.35. The number of aromatic nitrogens is 1. The molecule has 1 rings (SSSR count). The summed E-state index contributed by atoms with van der Waals surface area (Å²) in [7, 11) is 0. The normalized spacial score (nSPS) is 9.64. The molecule has 1 aromatic rings. The smallest absolute Gasteiger partial charge is 0.171 e. The molecule has 0 aliphatic rings. The second-order valence-corrected chi connectivity index (χ2v) is 3.65. The van der Waals surface area contributed by atoms with Crippen molar-refractivity contribution in [2.45, 2.75) is 13.8 Å². The van der Waals surface area contributed by atoms with Crippen LogP contribution in [0.2, 0.25) is 5.02 Å². The summed E-state index contributed by atoms with van der Waals surface area (Å²) in [6, 6.07) is 1.84. The van der Waals surface area contributed by atoms with Crippen molar-refractivity contribution in [3.05, 3.63) is 22.8 Å². The van der Waals surface area contributed by atoms with E-state index in [1.165, 1.54) is 0 Å². The van der Waals surface area contributed by atoms with Crippen LogP contribution in [-0.4, -0.2) is 16.6 Å². The summed E-state index contributed by atoms with van der Waals surface area (Å²) in [5.41, 5.74) is 0.970. The lowest BCUT2D eigenvalue weighted by Crippen LogP contribution is -2.28. The fourth-order valence-electron chi connectivity index (χ4n) is 0.984. The molecule has 76 valence electrons. The zero-order valence-electron chi connectivity index (χ0n) is 8.10. The number of hydrogen-bond donors (Lipinski definition) is 2. The Labute approximate surface area is 93.9 Å². The van der Waals surface area contributed by atoms with Crippen molar-refractivity contribution < 1.29 is 0 Å². The number of nitrogens with zero attached hydrogens (tertiary/aromatic N) is 1. The van der Waals surface area contributed by atoms with Crippen LogP contribution < -0.4 is 10.6 Å². The Balaban J connectivity index is 2.72. The molecule has 0 aliphatic heterocycles. The van der Waals surface area contributed by atoms with E-state index < -0.39 is 0 Å². The summed E-state index contributed by atoms with van der Waals surface area (Å²) >= 11 is 10.8. The molecule has 0 amide bonds. The SMILES string of the molecule is CCNC(=S)Nc1ncc(Cl)cc1C. The zero-order valence-corrected chi connectivity index (χ0v) is 9.67. The largest absolute Gasteiger partial charge is 0.363 e. The maximum absolute atomic E-state index is 5.78. The van der Waals surface area contributed by atoms with Crippen molar-refractivity contribution >= 4 is 34.7 Å². The fraction of sp³-hybridized carbons (Fsp3) is 0.333. The first-order valence-electron chi connectivity index (χ1n) is 4.30. The van der Waals surface area contributed by atoms with Crippen LogP contribution in [0, 0.1) is 6.92 Å². The Morgan fingerprint density at radius 2 is 2.36 bits per heavy atom. The molecule has 0 saturated carbocycles. The van der Waals surface area contributed by atoms with Gasteiger partial charge in [-0.15, -0.1) is 0 Å². The minimum absolute atomic E-state index is 0.574. The van der Waals surface area contributed by atoms with E-state index in [9.17, 15) is 0 Å². The van der Waals surface area contributed by atoms with Crippen molar-refractivity contribution in [1.82, 2.24) is 10.3 Å². The van der Waals surface area contributed by atoms with Crippen LogP contribution in [0.15, 0.2) is 12.3 Å². The minimum atomic E-state index is 0.574. The van der Waals surface area contributed by atoms with Gasteiger partial charge in [-0.2, -0.15) is 0 Å². The van der Waals surface area contributed by atoms with E-state index in [0.29, 0.717) is 10.1 Å². The molecule has 0 fully saturated rings. The standard InChI is InChI=1S/C9H12ClN3S/c1-3-11-9(14)13-8-6(2)4-7(10)5-12-8/h4-5H,3H2,1-2H3,(H2,11,12,13,14). The zero-order chi connectivity index (χ0) is 10.6. The summed E-state index contributed by atoms with van der Waals surface area (Å²) in [5.74, 6) is 0.736. The summed E-state index contributed by atoms with van der Waals surface area (Å²) < 4.78 is 0. The predicted molar refractivity (Wildman–Crippen MR) is 63.9 cm³/mol. The molecule has 0 atom stereocenters. The van der Waals surface area contributed by atoms with Gasteiger partial charge < -0.3 is 10.6 Å². The van der Waals surface area contributed by atoms with Gasteiger partial charge in [0.05, 0.1) is 5.02 Å². The van der Waals surface area contributed by atoms with Crippen molar-refractivity contribution in [3.8, 4) is 0 Å². The third-order valence-electron chi connectivity index (χ3n) is 1.61. The Morgan fingerprint density at radius 1 is 1.64 bits per heavy atom. The van der Waals surface area contributed by atoms with Gasteiger partial charge in [-0.1, -0.05) is 11.6 Å². The van der Waals surface area contributed by atoms with Crippen molar-refractivity contribution in [3.63, 3.8) is 0 Å². The summed E-state index contributed by atoms with van der Waals surface area (Å²) in [6.45, 7) is 4.70. The van der Waals surface area contributed by atoms with E-state index in [2.05, 4.69) is 15.6 Å². The summed E-state index contributed by atoms with van der Waals surface area (Å²) in [6.07, 6.45) is 1.59. The summed E-state index contributed by atoms with van der Waals surface area (Å²) in [4.78, 5) is 4.13. The molecule has 14 heavy (non-hydrogen) atoms. The highest BCUT2D eigenvalue weighted by Crippen LogP contribution is 2.15. The average Bonchev–Trinajstić information content (AvgIpc) is 2.10. The van der Waals surface area contributed by atoms with Crippen LogP contribution in [0.4, 0.5) is 5.82 Å². The average molecular weight is 230 g/mol. The van der Waals surface area contributed by atoms with Crippen molar-refractivity contribution in [1.29, 1.82) is 0 Å². The van der Waals surface area contributed by atoms with Crippen molar-refractivity contribution in [2.24, 2.45) is 0 Å². The monoisotopic (exact) mass is 229 g/mol. The fourth-order valence-corrected chi connectivity index (χ4v) is 1.44. The van der Waals surface area contributed by atoms with E-state index >= 15 is 0 Å². The van der Waals surface area contributed by atoms with Crippen LogP contribution in [-0.2, 0) is 0 Å². The first-order chi connectivity index (χ1) is 6.63. The van der Waals surface area contributed by atoms with Crippen LogP contribution in [0.5, 0.6) is 0 Å². The molecule has 5 heteroatoms. The molecule has 1 heterocycles. The molecule has 0 radical (unpaired) electrons. The van der Waals surface area contributed by atoms with Gasteiger partial charge >= 0.3 is 0 Å². The highest BCUT2D eigenvalue weighted by atomic mass is 35.5. The minimum Gasteiger partial charge on any atom is -0.363 e. The van der Waals surface area contributed by atoms with Gasteiger partial charge in [0.1, 0.15) is 5.82 Å². The van der Waals surface area contributed by atoms with E-state index in [4.69, 9.17) is 23.8 Å². The maximum Gasteiger partial charge on any atom is 0.171 e. The number of anilines is 1. The van der Waals surface area contributed by atoms with Gasteiger partial charge in [-0.05, 0) is 37.7 Å². The van der Waals surface area contributed by atoms with Gasteiger partial charge in [0.15, 0.2) is 5.11 Å². The van der Waals surface area contributed by atoms with Gasteiger partial charge in [-0.25, -0.2) is 4.98 Å². The topological polar surface area (TPSA) is 37.0 Å². The molecule has 0 bridgehead atoms. The Bertz CT molecular complexity index is 341. The molecular formula is C9H12ClN3S. The Hall–Kier alpha value is -0.870. The Kier molecular flexibility index (Phi) is 4.10. The molecule has 0 spiro atoms. The van der Waals surface area contributed by atoms with Crippen LogP contribution in [0.3, 0.4) is 0 Å². The Morgan fingerprint density at radius 3 is 2.93 bits per heavy atom. The van der Waals surface area contributed by atoms with Gasteiger partial charge in [0.2, 0.25) is 0 Å². The number of rotatable bonds is 2. The molecule has 0 aromatic carbocycles. The number of hydrogen-bond acceptors (Lipinski definition) is 2. The number of thiocarbonyl (C=S) groups is 1. The van der Waals surface area contributed by atoms with Crippen LogP contribution >= 0.6 is 23.8 Å². The lowest BCUT2D eigenvalue weighted by atomic mass is 10.3. The third kappa shape index (κ3) is 3.12. The quantitative estimate of drug-likeness (QED) is 0.764. The van der Waals surface area contributed by atoms with Gasteiger partial charge in [-0.3, -0.25) is 0 Å². The number of pyridine rings is 1. The third-order valence-corrected chi connectivity index (χ3v) is 2.07. The van der Waals surface area contributed by atoms with Crippen LogP contribution in [0.1, 0.15) is 12.5 Å². The number of nitrogens with one attached hydrogen (secondary N) is 2. The van der Waals surface area contributed by atoms with Crippen molar-refractivity contribution in [2.75, 3.05) is 11.9 Å². The molecular weight excluding hydrogens is 218 g/mol. The van der Waals surface area contributed by atoms with Gasteiger partial charge in [0, 0.05) is 12.7 Å². The van der Waals surface area contributed by atoms with E-state index in [0.717, 1.165) is 17.9 Å². The lowest BCUT2D eigenvalue weighted by Gasteiger charge is -2.09. The van der Waals surface area contributed by atoms with E-state index in [1.807, 2.05) is 19.9 Å². The molecule has 0 aliphatic carbocycles. The van der Waals surface area contributed by atoms with E-state index in [1.54, 1.807) is 6.20 Å². The highest BCUT2D eigenvalue weighted by molar-refractivity contribution is 7.80. The van der Waals surface area contributed by atoms with Crippen LogP contribution in [0.25, 0.3) is 0 Å².